The van der Waals surface area contributed by atoms with Crippen molar-refractivity contribution in [3.63, 3.8) is 0 Å². The van der Waals surface area contributed by atoms with Crippen molar-refractivity contribution in [3.8, 4) is 11.1 Å². The highest BCUT2D eigenvalue weighted by Crippen LogP contribution is 2.23. The van der Waals surface area contributed by atoms with E-state index in [1.54, 1.807) is 31.8 Å². The van der Waals surface area contributed by atoms with E-state index in [1.807, 2.05) is 6.07 Å². The second kappa shape index (κ2) is 4.49. The minimum absolute atomic E-state index is 0.563. The van der Waals surface area contributed by atoms with Gasteiger partial charge in [-0.2, -0.15) is 0 Å². The van der Waals surface area contributed by atoms with Crippen molar-refractivity contribution < 1.29 is 4.79 Å². The van der Waals surface area contributed by atoms with Gasteiger partial charge in [0.25, 0.3) is 0 Å². The van der Waals surface area contributed by atoms with Crippen molar-refractivity contribution in [3.05, 3.63) is 36.4 Å². The topological polar surface area (TPSA) is 83.6 Å². The van der Waals surface area contributed by atoms with E-state index < -0.39 is 0 Å². The minimum Gasteiger partial charge on any atom is -0.357 e. The fraction of sp³-hybridized carbons (Fsp3) is 0.0769. The van der Waals surface area contributed by atoms with Crippen molar-refractivity contribution in [2.24, 2.45) is 0 Å². The number of carbonyl (C=O) groups excluding carboxylic acids is 1. The number of hydrogen-bond acceptors (Lipinski definition) is 5. The van der Waals surface area contributed by atoms with Crippen LogP contribution in [0, 0.1) is 0 Å². The molecular formula is C13H11N5O. The third-order valence-corrected chi connectivity index (χ3v) is 2.90. The van der Waals surface area contributed by atoms with Gasteiger partial charge in [0.1, 0.15) is 5.65 Å². The molecular weight excluding hydrogens is 242 g/mol. The SMILES string of the molecule is CNc1ncc(-c2cnc3[nH]cc(C=O)c3c2)cn1. The second-order valence-electron chi connectivity index (χ2n) is 4.03. The summed E-state index contributed by atoms with van der Waals surface area (Å²) in [5.74, 6) is 0.563. The predicted molar refractivity (Wildman–Crippen MR) is 72.1 cm³/mol. The molecule has 19 heavy (non-hydrogen) atoms. The van der Waals surface area contributed by atoms with Crippen molar-refractivity contribution in [2.45, 2.75) is 0 Å². The molecule has 0 spiro atoms. The number of nitrogens with one attached hydrogen (secondary N) is 2. The molecule has 3 heterocycles. The molecule has 0 aliphatic carbocycles. The van der Waals surface area contributed by atoms with Crippen LogP contribution in [-0.4, -0.2) is 33.3 Å². The van der Waals surface area contributed by atoms with Crippen molar-refractivity contribution in [1.82, 2.24) is 19.9 Å². The molecule has 0 aromatic carbocycles. The van der Waals surface area contributed by atoms with Gasteiger partial charge in [-0.1, -0.05) is 0 Å². The van der Waals surface area contributed by atoms with Gasteiger partial charge >= 0.3 is 0 Å². The summed E-state index contributed by atoms with van der Waals surface area (Å²) >= 11 is 0. The molecule has 0 saturated carbocycles. The van der Waals surface area contributed by atoms with E-state index >= 15 is 0 Å². The summed E-state index contributed by atoms with van der Waals surface area (Å²) < 4.78 is 0. The van der Waals surface area contributed by atoms with Gasteiger partial charge in [0.15, 0.2) is 6.29 Å². The van der Waals surface area contributed by atoms with Gasteiger partial charge in [-0.15, -0.1) is 0 Å². The summed E-state index contributed by atoms with van der Waals surface area (Å²) in [6.45, 7) is 0. The van der Waals surface area contributed by atoms with E-state index in [2.05, 4.69) is 25.3 Å². The first kappa shape index (κ1) is 11.3. The molecule has 6 nitrogen and oxygen atoms in total. The number of aromatic amines is 1. The number of aromatic nitrogens is 4. The number of pyridine rings is 1. The highest BCUT2D eigenvalue weighted by Gasteiger charge is 2.07. The van der Waals surface area contributed by atoms with Crippen LogP contribution < -0.4 is 5.32 Å². The smallest absolute Gasteiger partial charge is 0.222 e. The maximum Gasteiger partial charge on any atom is 0.222 e. The lowest BCUT2D eigenvalue weighted by Crippen LogP contribution is -1.95. The van der Waals surface area contributed by atoms with Crippen LogP contribution in [0.3, 0.4) is 0 Å². The lowest BCUT2D eigenvalue weighted by Gasteiger charge is -2.02. The van der Waals surface area contributed by atoms with E-state index in [4.69, 9.17) is 0 Å². The van der Waals surface area contributed by atoms with Crippen LogP contribution in [0.2, 0.25) is 0 Å². The van der Waals surface area contributed by atoms with Crippen LogP contribution in [0.1, 0.15) is 10.4 Å². The molecule has 3 aromatic rings. The molecule has 3 aromatic heterocycles. The fourth-order valence-electron chi connectivity index (χ4n) is 1.89. The number of carbonyl (C=O) groups is 1. The van der Waals surface area contributed by atoms with E-state index in [1.165, 1.54) is 0 Å². The third kappa shape index (κ3) is 1.93. The van der Waals surface area contributed by atoms with Crippen LogP contribution in [0.15, 0.2) is 30.9 Å². The average Bonchev–Trinajstić information content (AvgIpc) is 2.89. The van der Waals surface area contributed by atoms with Gasteiger partial charge in [0.05, 0.1) is 0 Å². The first-order valence-electron chi connectivity index (χ1n) is 5.74. The second-order valence-corrected chi connectivity index (χ2v) is 4.03. The predicted octanol–water partition coefficient (Wildman–Crippen LogP) is 1.87. The summed E-state index contributed by atoms with van der Waals surface area (Å²) in [5, 5.41) is 3.66. The lowest BCUT2D eigenvalue weighted by molar-refractivity contribution is 0.112. The summed E-state index contributed by atoms with van der Waals surface area (Å²) in [6.07, 6.45) is 7.62. The normalized spacial score (nSPS) is 10.6. The molecule has 0 fully saturated rings. The number of nitrogens with zero attached hydrogens (tertiary/aromatic N) is 3. The van der Waals surface area contributed by atoms with Crippen LogP contribution in [0.5, 0.6) is 0 Å². The zero-order valence-electron chi connectivity index (χ0n) is 10.2. The lowest BCUT2D eigenvalue weighted by atomic mass is 10.1. The van der Waals surface area contributed by atoms with E-state index in [0.29, 0.717) is 17.2 Å². The molecule has 0 amide bonds. The quantitative estimate of drug-likeness (QED) is 0.696. The van der Waals surface area contributed by atoms with E-state index in [9.17, 15) is 4.79 Å². The summed E-state index contributed by atoms with van der Waals surface area (Å²) in [4.78, 5) is 26.5. The summed E-state index contributed by atoms with van der Waals surface area (Å²) in [5.41, 5.74) is 3.01. The summed E-state index contributed by atoms with van der Waals surface area (Å²) in [7, 11) is 1.76. The molecule has 2 N–H and O–H groups in total. The molecule has 0 bridgehead atoms. The minimum atomic E-state index is 0.563. The Hall–Kier alpha value is -2.76. The Morgan fingerprint density at radius 2 is 1.89 bits per heavy atom. The Kier molecular flexibility index (Phi) is 2.68. The van der Waals surface area contributed by atoms with Crippen molar-refractivity contribution >= 4 is 23.3 Å². The van der Waals surface area contributed by atoms with Crippen LogP contribution in [-0.2, 0) is 0 Å². The van der Waals surface area contributed by atoms with E-state index in [0.717, 1.165) is 22.8 Å². The van der Waals surface area contributed by atoms with Gasteiger partial charge in [0.2, 0.25) is 5.95 Å². The number of H-pyrrole nitrogens is 1. The highest BCUT2D eigenvalue weighted by molar-refractivity contribution is 5.97. The third-order valence-electron chi connectivity index (χ3n) is 2.90. The Bertz CT molecular complexity index is 732. The van der Waals surface area contributed by atoms with Gasteiger partial charge < -0.3 is 10.3 Å². The molecule has 0 aliphatic heterocycles. The molecule has 0 radical (unpaired) electrons. The van der Waals surface area contributed by atoms with Crippen LogP contribution in [0.4, 0.5) is 5.95 Å². The number of hydrogen-bond donors (Lipinski definition) is 2. The van der Waals surface area contributed by atoms with Gasteiger partial charge in [-0.3, -0.25) is 4.79 Å². The number of aldehydes is 1. The fourth-order valence-corrected chi connectivity index (χ4v) is 1.89. The standard InChI is InChI=1S/C13H11N5O/c1-14-13-17-4-9(5-18-13)8-2-11-10(7-19)6-16-12(11)15-3-8/h2-7H,1H3,(H,15,16)(H,14,17,18). The first-order valence-corrected chi connectivity index (χ1v) is 5.74. The summed E-state index contributed by atoms with van der Waals surface area (Å²) in [6, 6.07) is 1.90. The van der Waals surface area contributed by atoms with Crippen molar-refractivity contribution in [1.29, 1.82) is 0 Å². The van der Waals surface area contributed by atoms with Crippen molar-refractivity contribution in [2.75, 3.05) is 12.4 Å². The molecule has 0 atom stereocenters. The van der Waals surface area contributed by atoms with Crippen LogP contribution in [0.25, 0.3) is 22.2 Å². The van der Waals surface area contributed by atoms with E-state index in [-0.39, 0.29) is 0 Å². The Morgan fingerprint density at radius 3 is 2.58 bits per heavy atom. The molecule has 0 unspecified atom stereocenters. The highest BCUT2D eigenvalue weighted by atomic mass is 16.1. The molecule has 6 heteroatoms. The Morgan fingerprint density at radius 1 is 1.16 bits per heavy atom. The number of anilines is 1. The average molecular weight is 253 g/mol. The molecule has 0 saturated heterocycles. The Balaban J connectivity index is 2.10. The van der Waals surface area contributed by atoms with Gasteiger partial charge in [-0.25, -0.2) is 15.0 Å². The molecule has 3 rings (SSSR count). The van der Waals surface area contributed by atoms with Crippen LogP contribution >= 0.6 is 0 Å². The number of fused-ring (bicyclic) bond motifs is 1. The zero-order chi connectivity index (χ0) is 13.2. The molecule has 0 aliphatic rings. The largest absolute Gasteiger partial charge is 0.357 e. The molecule has 94 valence electrons. The number of rotatable bonds is 3. The maximum atomic E-state index is 10.9. The van der Waals surface area contributed by atoms with Gasteiger partial charge in [0, 0.05) is 53.9 Å². The maximum absolute atomic E-state index is 10.9. The Labute approximate surface area is 108 Å². The zero-order valence-corrected chi connectivity index (χ0v) is 10.2. The first-order chi connectivity index (χ1) is 9.31. The monoisotopic (exact) mass is 253 g/mol. The van der Waals surface area contributed by atoms with Gasteiger partial charge in [-0.05, 0) is 6.07 Å².